The fourth-order valence-electron chi connectivity index (χ4n) is 3.41. The number of hydrogen-bond donors (Lipinski definition) is 2. The standard InChI is InChI=1S/C16H24N2O3/c17-14(19)9-16(21)6-1-7-18(10-16)15(20)8-13(11-2-3-11)12-4-5-12/h8,11-12,21H,1-7,9-10H2,(H2,17,19). The summed E-state index contributed by atoms with van der Waals surface area (Å²) in [6, 6.07) is 0. The number of β-amino-alcohol motifs (C(OH)–C–C–N with tert-alkyl or cyclic N) is 1. The zero-order valence-electron chi connectivity index (χ0n) is 12.4. The van der Waals surface area contributed by atoms with Crippen molar-refractivity contribution in [2.45, 2.75) is 50.5 Å². The minimum atomic E-state index is -1.15. The number of piperidine rings is 1. The van der Waals surface area contributed by atoms with Crippen LogP contribution in [0.3, 0.4) is 0 Å². The summed E-state index contributed by atoms with van der Waals surface area (Å²) in [7, 11) is 0. The van der Waals surface area contributed by atoms with Gasteiger partial charge in [0.05, 0.1) is 18.6 Å². The van der Waals surface area contributed by atoms with Crippen molar-refractivity contribution >= 4 is 11.8 Å². The quantitative estimate of drug-likeness (QED) is 0.740. The van der Waals surface area contributed by atoms with Gasteiger partial charge in [-0.3, -0.25) is 9.59 Å². The summed E-state index contributed by atoms with van der Waals surface area (Å²) in [4.78, 5) is 25.2. The predicted octanol–water partition coefficient (Wildman–Crippen LogP) is 0.962. The Morgan fingerprint density at radius 2 is 1.86 bits per heavy atom. The summed E-state index contributed by atoms with van der Waals surface area (Å²) in [5.41, 5.74) is 5.37. The minimum Gasteiger partial charge on any atom is -0.388 e. The molecule has 116 valence electrons. The maximum atomic E-state index is 12.5. The van der Waals surface area contributed by atoms with E-state index in [-0.39, 0.29) is 18.9 Å². The fraction of sp³-hybridized carbons (Fsp3) is 0.750. The summed E-state index contributed by atoms with van der Waals surface area (Å²) in [5, 5.41) is 10.4. The molecule has 3 rings (SSSR count). The smallest absolute Gasteiger partial charge is 0.246 e. The maximum Gasteiger partial charge on any atom is 0.246 e. The number of carbonyl (C=O) groups excluding carboxylic acids is 2. The molecular weight excluding hydrogens is 268 g/mol. The van der Waals surface area contributed by atoms with Crippen LogP contribution in [0.5, 0.6) is 0 Å². The lowest BCUT2D eigenvalue weighted by Gasteiger charge is -2.38. The zero-order chi connectivity index (χ0) is 15.0. The van der Waals surface area contributed by atoms with E-state index >= 15 is 0 Å². The highest BCUT2D eigenvalue weighted by Gasteiger charge is 2.39. The molecule has 5 heteroatoms. The van der Waals surface area contributed by atoms with Crippen molar-refractivity contribution in [1.29, 1.82) is 0 Å². The Hall–Kier alpha value is -1.36. The summed E-state index contributed by atoms with van der Waals surface area (Å²) in [6.45, 7) is 0.868. The monoisotopic (exact) mass is 292 g/mol. The number of hydrogen-bond acceptors (Lipinski definition) is 3. The number of likely N-dealkylation sites (tertiary alicyclic amines) is 1. The number of rotatable bonds is 5. The van der Waals surface area contributed by atoms with Crippen molar-refractivity contribution in [2.75, 3.05) is 13.1 Å². The molecule has 1 aliphatic heterocycles. The summed E-state index contributed by atoms with van der Waals surface area (Å²) < 4.78 is 0. The number of allylic oxidation sites excluding steroid dienone is 1. The first-order valence-electron chi connectivity index (χ1n) is 7.98. The molecule has 0 bridgehead atoms. The van der Waals surface area contributed by atoms with E-state index in [0.29, 0.717) is 31.2 Å². The third-order valence-electron chi connectivity index (χ3n) is 4.76. The molecule has 0 aromatic carbocycles. The van der Waals surface area contributed by atoms with Crippen LogP contribution in [0, 0.1) is 11.8 Å². The number of carbonyl (C=O) groups is 2. The van der Waals surface area contributed by atoms with E-state index in [0.717, 1.165) is 0 Å². The average molecular weight is 292 g/mol. The maximum absolute atomic E-state index is 12.5. The molecule has 1 atom stereocenters. The van der Waals surface area contributed by atoms with E-state index in [4.69, 9.17) is 5.73 Å². The molecule has 3 aliphatic rings. The zero-order valence-corrected chi connectivity index (χ0v) is 12.4. The predicted molar refractivity (Wildman–Crippen MR) is 78.1 cm³/mol. The number of primary amides is 1. The summed E-state index contributed by atoms with van der Waals surface area (Å²) in [6.07, 6.45) is 7.82. The molecule has 2 aliphatic carbocycles. The first kappa shape index (κ1) is 14.6. The van der Waals surface area contributed by atoms with Crippen LogP contribution in [0.15, 0.2) is 11.6 Å². The van der Waals surface area contributed by atoms with Crippen LogP contribution in [-0.4, -0.2) is 40.5 Å². The normalized spacial score (nSPS) is 29.1. The van der Waals surface area contributed by atoms with Crippen LogP contribution < -0.4 is 5.73 Å². The highest BCUT2D eigenvalue weighted by atomic mass is 16.3. The van der Waals surface area contributed by atoms with Crippen molar-refractivity contribution in [2.24, 2.45) is 17.6 Å². The van der Waals surface area contributed by atoms with Gasteiger partial charge in [-0.1, -0.05) is 5.57 Å². The van der Waals surface area contributed by atoms with Crippen molar-refractivity contribution in [3.63, 3.8) is 0 Å². The van der Waals surface area contributed by atoms with Gasteiger partial charge in [0, 0.05) is 12.6 Å². The molecule has 21 heavy (non-hydrogen) atoms. The van der Waals surface area contributed by atoms with E-state index in [1.165, 1.54) is 31.3 Å². The van der Waals surface area contributed by atoms with Crippen molar-refractivity contribution < 1.29 is 14.7 Å². The van der Waals surface area contributed by atoms with Gasteiger partial charge in [-0.25, -0.2) is 0 Å². The second-order valence-corrected chi connectivity index (χ2v) is 6.92. The first-order chi connectivity index (χ1) is 9.97. The Morgan fingerprint density at radius 1 is 1.24 bits per heavy atom. The van der Waals surface area contributed by atoms with E-state index in [1.807, 2.05) is 6.08 Å². The van der Waals surface area contributed by atoms with Crippen molar-refractivity contribution in [3.8, 4) is 0 Å². The first-order valence-corrected chi connectivity index (χ1v) is 7.98. The molecule has 3 fully saturated rings. The molecular formula is C16H24N2O3. The molecule has 2 saturated carbocycles. The Kier molecular flexibility index (Phi) is 3.78. The molecule has 0 aromatic rings. The van der Waals surface area contributed by atoms with E-state index < -0.39 is 11.5 Å². The number of amides is 2. The molecule has 3 N–H and O–H groups in total. The van der Waals surface area contributed by atoms with Gasteiger partial charge in [0.2, 0.25) is 11.8 Å². The highest BCUT2D eigenvalue weighted by Crippen LogP contribution is 2.48. The molecule has 5 nitrogen and oxygen atoms in total. The molecule has 1 saturated heterocycles. The lowest BCUT2D eigenvalue weighted by molar-refractivity contribution is -0.137. The van der Waals surface area contributed by atoms with Gasteiger partial charge in [-0.15, -0.1) is 0 Å². The number of nitrogens with two attached hydrogens (primary N) is 1. The van der Waals surface area contributed by atoms with Gasteiger partial charge in [-0.2, -0.15) is 0 Å². The molecule has 0 spiro atoms. The van der Waals surface area contributed by atoms with Crippen LogP contribution in [0.2, 0.25) is 0 Å². The molecule has 2 amide bonds. The highest BCUT2D eigenvalue weighted by molar-refractivity contribution is 5.89. The third kappa shape index (κ3) is 3.64. The second kappa shape index (κ2) is 5.44. The van der Waals surface area contributed by atoms with Crippen LogP contribution in [0.4, 0.5) is 0 Å². The largest absolute Gasteiger partial charge is 0.388 e. The Balaban J connectivity index is 1.66. The van der Waals surface area contributed by atoms with Gasteiger partial charge < -0.3 is 15.7 Å². The SMILES string of the molecule is NC(=O)CC1(O)CCCN(C(=O)C=C(C2CC2)C2CC2)C1. The van der Waals surface area contributed by atoms with Gasteiger partial charge in [-0.05, 0) is 50.4 Å². The molecule has 0 aromatic heterocycles. The average Bonchev–Trinajstić information content (AvgIpc) is 3.26. The van der Waals surface area contributed by atoms with E-state index in [2.05, 4.69) is 0 Å². The number of nitrogens with zero attached hydrogens (tertiary/aromatic N) is 1. The van der Waals surface area contributed by atoms with Gasteiger partial charge >= 0.3 is 0 Å². The Labute approximate surface area is 125 Å². The van der Waals surface area contributed by atoms with Gasteiger partial charge in [0.1, 0.15) is 0 Å². The van der Waals surface area contributed by atoms with Crippen LogP contribution in [0.1, 0.15) is 44.9 Å². The van der Waals surface area contributed by atoms with Crippen molar-refractivity contribution in [1.82, 2.24) is 4.90 Å². The van der Waals surface area contributed by atoms with Crippen LogP contribution in [-0.2, 0) is 9.59 Å². The summed E-state index contributed by atoms with van der Waals surface area (Å²) >= 11 is 0. The van der Waals surface area contributed by atoms with Crippen LogP contribution >= 0.6 is 0 Å². The third-order valence-corrected chi connectivity index (χ3v) is 4.76. The van der Waals surface area contributed by atoms with Gasteiger partial charge in [0.25, 0.3) is 0 Å². The summed E-state index contributed by atoms with van der Waals surface area (Å²) in [5.74, 6) is 0.719. The second-order valence-electron chi connectivity index (χ2n) is 6.92. The molecule has 1 heterocycles. The van der Waals surface area contributed by atoms with Crippen LogP contribution in [0.25, 0.3) is 0 Å². The van der Waals surface area contributed by atoms with Gasteiger partial charge in [0.15, 0.2) is 0 Å². The Morgan fingerprint density at radius 3 is 2.38 bits per heavy atom. The van der Waals surface area contributed by atoms with E-state index in [1.54, 1.807) is 4.90 Å². The Bertz CT molecular complexity index is 466. The number of aliphatic hydroxyl groups is 1. The lowest BCUT2D eigenvalue weighted by atomic mass is 9.89. The van der Waals surface area contributed by atoms with E-state index in [9.17, 15) is 14.7 Å². The molecule has 0 radical (unpaired) electrons. The topological polar surface area (TPSA) is 83.6 Å². The lowest BCUT2D eigenvalue weighted by Crippen LogP contribution is -2.51. The van der Waals surface area contributed by atoms with Crippen molar-refractivity contribution in [3.05, 3.63) is 11.6 Å². The molecule has 1 unspecified atom stereocenters. The minimum absolute atomic E-state index is 0.00797. The fourth-order valence-corrected chi connectivity index (χ4v) is 3.41.